The van der Waals surface area contributed by atoms with Crippen molar-refractivity contribution >= 4 is 6.21 Å². The molecule has 0 aromatic rings. The van der Waals surface area contributed by atoms with Gasteiger partial charge in [-0.2, -0.15) is 5.10 Å². The summed E-state index contributed by atoms with van der Waals surface area (Å²) in [4.78, 5) is 0. The molecule has 0 N–H and O–H groups in total. The predicted molar refractivity (Wildman–Crippen MR) is 61.8 cm³/mol. The maximum Gasteiger partial charge on any atom is 0.0681 e. The highest BCUT2D eigenvalue weighted by molar-refractivity contribution is 5.74. The van der Waals surface area contributed by atoms with Crippen LogP contribution in [-0.2, 0) is 0 Å². The van der Waals surface area contributed by atoms with E-state index in [0.29, 0.717) is 0 Å². The molecule has 0 fully saturated rings. The van der Waals surface area contributed by atoms with Crippen molar-refractivity contribution in [3.8, 4) is 0 Å². The van der Waals surface area contributed by atoms with Gasteiger partial charge in [0.15, 0.2) is 0 Å². The summed E-state index contributed by atoms with van der Waals surface area (Å²) in [5.74, 6) is 0. The maximum atomic E-state index is 4.17. The minimum absolute atomic E-state index is 1.06. The van der Waals surface area contributed by atoms with Crippen LogP contribution in [0.3, 0.4) is 0 Å². The average molecular weight is 188 g/mol. The minimum Gasteiger partial charge on any atom is -0.241 e. The monoisotopic (exact) mass is 188 g/mol. The molecule has 0 aromatic heterocycles. The standard InChI is InChI=1S/C10H10N2.C2H6/c1-8-5-7-12-10(9(8)2)4-3-6-11-12;1-2/h3-7H,1H2,2H3;1-2H3. The van der Waals surface area contributed by atoms with Gasteiger partial charge in [0.05, 0.1) is 5.70 Å². The van der Waals surface area contributed by atoms with Crippen LogP contribution < -0.4 is 0 Å². The molecule has 2 nitrogen and oxygen atoms in total. The second-order valence-corrected chi connectivity index (χ2v) is 2.82. The second-order valence-electron chi connectivity index (χ2n) is 2.82. The summed E-state index contributed by atoms with van der Waals surface area (Å²) in [5, 5.41) is 6.02. The Balaban J connectivity index is 0.000000461. The molecule has 0 saturated heterocycles. The molecule has 2 heterocycles. The lowest BCUT2D eigenvalue weighted by molar-refractivity contribution is 0.503. The molecule has 0 atom stereocenters. The number of fused-ring (bicyclic) bond motifs is 1. The third-order valence-corrected chi connectivity index (χ3v) is 2.06. The fraction of sp³-hybridized carbons (Fsp3) is 0.250. The maximum absolute atomic E-state index is 4.17. The van der Waals surface area contributed by atoms with Crippen LogP contribution in [0.25, 0.3) is 0 Å². The van der Waals surface area contributed by atoms with Gasteiger partial charge in [0.1, 0.15) is 0 Å². The van der Waals surface area contributed by atoms with E-state index in [1.54, 1.807) is 6.21 Å². The molecule has 0 radical (unpaired) electrons. The number of hydrogen-bond donors (Lipinski definition) is 0. The summed E-state index contributed by atoms with van der Waals surface area (Å²) in [6.45, 7) is 9.98. The number of hydrazone groups is 1. The molecule has 2 rings (SSSR count). The Hall–Kier alpha value is -1.57. The van der Waals surface area contributed by atoms with Crippen molar-refractivity contribution in [3.05, 3.63) is 47.9 Å². The van der Waals surface area contributed by atoms with Crippen molar-refractivity contribution in [2.45, 2.75) is 20.8 Å². The van der Waals surface area contributed by atoms with Crippen LogP contribution in [0.1, 0.15) is 20.8 Å². The lowest BCUT2D eigenvalue weighted by Gasteiger charge is -2.24. The number of nitrogens with zero attached hydrogens (tertiary/aromatic N) is 2. The predicted octanol–water partition coefficient (Wildman–Crippen LogP) is 3.23. The molecular formula is C12H16N2. The summed E-state index contributed by atoms with van der Waals surface area (Å²) in [7, 11) is 0. The first-order chi connectivity index (χ1) is 6.79. The first kappa shape index (κ1) is 10.5. The quantitative estimate of drug-likeness (QED) is 0.570. The summed E-state index contributed by atoms with van der Waals surface area (Å²) in [6.07, 6.45) is 9.63. The van der Waals surface area contributed by atoms with Crippen molar-refractivity contribution in [1.29, 1.82) is 0 Å². The molecule has 2 aliphatic heterocycles. The largest absolute Gasteiger partial charge is 0.241 e. The highest BCUT2D eigenvalue weighted by Gasteiger charge is 2.13. The molecule has 0 spiro atoms. The van der Waals surface area contributed by atoms with Gasteiger partial charge in [0, 0.05) is 12.4 Å². The zero-order valence-corrected chi connectivity index (χ0v) is 8.99. The third-order valence-electron chi connectivity index (χ3n) is 2.06. The molecular weight excluding hydrogens is 172 g/mol. The fourth-order valence-electron chi connectivity index (χ4n) is 1.25. The van der Waals surface area contributed by atoms with Gasteiger partial charge in [-0.1, -0.05) is 20.4 Å². The van der Waals surface area contributed by atoms with Crippen LogP contribution in [0.2, 0.25) is 0 Å². The SMILES string of the molecule is C=C1C=CN2N=CC=CC2=C1C.CC. The number of allylic oxidation sites excluding steroid dienone is 5. The zero-order chi connectivity index (χ0) is 10.6. The van der Waals surface area contributed by atoms with E-state index in [1.165, 1.54) is 5.57 Å². The van der Waals surface area contributed by atoms with Crippen LogP contribution in [0.15, 0.2) is 53.0 Å². The lowest BCUT2D eigenvalue weighted by Crippen LogP contribution is -2.15. The van der Waals surface area contributed by atoms with E-state index in [9.17, 15) is 0 Å². The van der Waals surface area contributed by atoms with Gasteiger partial charge in [-0.15, -0.1) is 0 Å². The summed E-state index contributed by atoms with van der Waals surface area (Å²) >= 11 is 0. The van der Waals surface area contributed by atoms with Crippen molar-refractivity contribution < 1.29 is 0 Å². The molecule has 2 heteroatoms. The summed E-state index contributed by atoms with van der Waals surface area (Å²) < 4.78 is 0. The first-order valence-corrected chi connectivity index (χ1v) is 4.87. The third kappa shape index (κ3) is 1.84. The van der Waals surface area contributed by atoms with Gasteiger partial charge < -0.3 is 0 Å². The molecule has 0 aliphatic carbocycles. The van der Waals surface area contributed by atoms with Crippen LogP contribution in [0.4, 0.5) is 0 Å². The summed E-state index contributed by atoms with van der Waals surface area (Å²) in [6, 6.07) is 0. The van der Waals surface area contributed by atoms with E-state index >= 15 is 0 Å². The molecule has 0 unspecified atom stereocenters. The second kappa shape index (κ2) is 4.61. The normalized spacial score (nSPS) is 17.9. The molecule has 0 amide bonds. The Kier molecular flexibility index (Phi) is 3.46. The highest BCUT2D eigenvalue weighted by Crippen LogP contribution is 2.25. The number of rotatable bonds is 0. The lowest BCUT2D eigenvalue weighted by atomic mass is 10.0. The Labute approximate surface area is 85.6 Å². The Morgan fingerprint density at radius 2 is 2.00 bits per heavy atom. The van der Waals surface area contributed by atoms with E-state index in [1.807, 2.05) is 43.3 Å². The van der Waals surface area contributed by atoms with Gasteiger partial charge in [0.25, 0.3) is 0 Å². The van der Waals surface area contributed by atoms with Crippen LogP contribution >= 0.6 is 0 Å². The van der Waals surface area contributed by atoms with Crippen LogP contribution in [0, 0.1) is 0 Å². The Bertz CT molecular complexity index is 343. The van der Waals surface area contributed by atoms with Gasteiger partial charge >= 0.3 is 0 Å². The molecule has 74 valence electrons. The minimum atomic E-state index is 1.06. The van der Waals surface area contributed by atoms with Crippen molar-refractivity contribution in [3.63, 3.8) is 0 Å². The average Bonchev–Trinajstić information content (AvgIpc) is 2.27. The molecule has 0 aromatic carbocycles. The van der Waals surface area contributed by atoms with Crippen LogP contribution in [-0.4, -0.2) is 11.2 Å². The van der Waals surface area contributed by atoms with E-state index < -0.39 is 0 Å². The van der Waals surface area contributed by atoms with Crippen molar-refractivity contribution in [1.82, 2.24) is 5.01 Å². The van der Waals surface area contributed by atoms with E-state index in [4.69, 9.17) is 0 Å². The van der Waals surface area contributed by atoms with Crippen molar-refractivity contribution in [2.24, 2.45) is 5.10 Å². The Morgan fingerprint density at radius 1 is 1.29 bits per heavy atom. The fourth-order valence-corrected chi connectivity index (χ4v) is 1.25. The van der Waals surface area contributed by atoms with E-state index in [2.05, 4.69) is 18.6 Å². The molecule has 0 bridgehead atoms. The van der Waals surface area contributed by atoms with Gasteiger partial charge in [-0.05, 0) is 36.3 Å². The van der Waals surface area contributed by atoms with Crippen molar-refractivity contribution in [2.75, 3.05) is 0 Å². The highest BCUT2D eigenvalue weighted by atomic mass is 15.4. The summed E-state index contributed by atoms with van der Waals surface area (Å²) in [5.41, 5.74) is 3.36. The van der Waals surface area contributed by atoms with Gasteiger partial charge in [-0.3, -0.25) is 0 Å². The number of hydrogen-bond acceptors (Lipinski definition) is 2. The topological polar surface area (TPSA) is 15.6 Å². The van der Waals surface area contributed by atoms with E-state index in [0.717, 1.165) is 11.3 Å². The van der Waals surface area contributed by atoms with E-state index in [-0.39, 0.29) is 0 Å². The zero-order valence-electron chi connectivity index (χ0n) is 8.99. The Morgan fingerprint density at radius 3 is 2.71 bits per heavy atom. The molecule has 0 saturated carbocycles. The smallest absolute Gasteiger partial charge is 0.0681 e. The first-order valence-electron chi connectivity index (χ1n) is 4.87. The van der Waals surface area contributed by atoms with Gasteiger partial charge in [-0.25, -0.2) is 5.01 Å². The molecule has 14 heavy (non-hydrogen) atoms. The molecule has 2 aliphatic rings. The van der Waals surface area contributed by atoms with Gasteiger partial charge in [0.2, 0.25) is 0 Å². The van der Waals surface area contributed by atoms with Crippen LogP contribution in [0.5, 0.6) is 0 Å².